The largest absolute Gasteiger partial charge is 0.481 e. The molecule has 1 atom stereocenters. The summed E-state index contributed by atoms with van der Waals surface area (Å²) in [6, 6.07) is 0. The first-order chi connectivity index (χ1) is 13.7. The SMILES string of the molecule is CC(=O)CCCCCCCCCCCCCOC(=O)CC(O)(CC(=O)O)C(=O)O. The molecular formula is C21H36O8. The molecule has 0 rings (SSSR count). The topological polar surface area (TPSA) is 138 Å². The van der Waals surface area contributed by atoms with E-state index in [1.807, 2.05) is 0 Å². The molecule has 8 nitrogen and oxygen atoms in total. The van der Waals surface area contributed by atoms with Crippen LogP contribution in [0, 0.1) is 0 Å². The Morgan fingerprint density at radius 2 is 1.17 bits per heavy atom. The Hall–Kier alpha value is -1.96. The van der Waals surface area contributed by atoms with Gasteiger partial charge in [-0.1, -0.05) is 57.8 Å². The number of carboxylic acid groups (broad SMARTS) is 2. The van der Waals surface area contributed by atoms with Gasteiger partial charge in [0.15, 0.2) is 5.60 Å². The predicted molar refractivity (Wildman–Crippen MR) is 106 cm³/mol. The fourth-order valence-electron chi connectivity index (χ4n) is 3.01. The molecule has 0 bridgehead atoms. The Morgan fingerprint density at radius 3 is 1.59 bits per heavy atom. The number of hydrogen-bond donors (Lipinski definition) is 3. The van der Waals surface area contributed by atoms with E-state index in [4.69, 9.17) is 14.9 Å². The van der Waals surface area contributed by atoms with Crippen molar-refractivity contribution in [2.24, 2.45) is 0 Å². The molecule has 0 aromatic carbocycles. The third-order valence-electron chi connectivity index (χ3n) is 4.71. The highest BCUT2D eigenvalue weighted by molar-refractivity contribution is 5.88. The zero-order valence-corrected chi connectivity index (χ0v) is 17.5. The average molecular weight is 417 g/mol. The van der Waals surface area contributed by atoms with Crippen LogP contribution < -0.4 is 0 Å². The summed E-state index contributed by atoms with van der Waals surface area (Å²) in [5.74, 6) is -3.91. The van der Waals surface area contributed by atoms with E-state index in [1.54, 1.807) is 6.92 Å². The molecule has 0 amide bonds. The van der Waals surface area contributed by atoms with Gasteiger partial charge in [0, 0.05) is 6.42 Å². The van der Waals surface area contributed by atoms with Gasteiger partial charge in [-0.2, -0.15) is 0 Å². The van der Waals surface area contributed by atoms with Crippen molar-refractivity contribution in [1.29, 1.82) is 0 Å². The number of unbranched alkanes of at least 4 members (excludes halogenated alkanes) is 10. The summed E-state index contributed by atoms with van der Waals surface area (Å²) >= 11 is 0. The Labute approximate surface area is 172 Å². The first-order valence-electron chi connectivity index (χ1n) is 10.5. The van der Waals surface area contributed by atoms with E-state index >= 15 is 0 Å². The van der Waals surface area contributed by atoms with E-state index in [1.165, 1.54) is 25.7 Å². The van der Waals surface area contributed by atoms with Gasteiger partial charge in [0.25, 0.3) is 0 Å². The molecule has 0 fully saturated rings. The van der Waals surface area contributed by atoms with Gasteiger partial charge in [-0.05, 0) is 19.8 Å². The van der Waals surface area contributed by atoms with Gasteiger partial charge >= 0.3 is 17.9 Å². The number of aliphatic carboxylic acids is 2. The number of esters is 1. The fraction of sp³-hybridized carbons (Fsp3) is 0.810. The third-order valence-corrected chi connectivity index (χ3v) is 4.71. The van der Waals surface area contributed by atoms with Crippen molar-refractivity contribution in [2.75, 3.05) is 6.61 Å². The number of hydrogen-bond acceptors (Lipinski definition) is 6. The van der Waals surface area contributed by atoms with Crippen LogP contribution in [0.15, 0.2) is 0 Å². The molecule has 0 saturated heterocycles. The van der Waals surface area contributed by atoms with Gasteiger partial charge in [-0.15, -0.1) is 0 Å². The maximum absolute atomic E-state index is 11.6. The molecule has 0 aliphatic carbocycles. The lowest BCUT2D eigenvalue weighted by atomic mass is 9.96. The van der Waals surface area contributed by atoms with Crippen molar-refractivity contribution in [1.82, 2.24) is 0 Å². The zero-order chi connectivity index (χ0) is 22.1. The van der Waals surface area contributed by atoms with Gasteiger partial charge in [-0.3, -0.25) is 9.59 Å². The molecule has 0 aliphatic rings. The molecule has 168 valence electrons. The number of carbonyl (C=O) groups excluding carboxylic acids is 2. The molecule has 0 aromatic rings. The second-order valence-electron chi connectivity index (χ2n) is 7.65. The van der Waals surface area contributed by atoms with E-state index < -0.39 is 36.4 Å². The lowest BCUT2D eigenvalue weighted by Crippen LogP contribution is -2.43. The van der Waals surface area contributed by atoms with Crippen LogP contribution in [-0.2, 0) is 23.9 Å². The van der Waals surface area contributed by atoms with Gasteiger partial charge in [0.1, 0.15) is 5.78 Å². The monoisotopic (exact) mass is 416 g/mol. The number of carboxylic acids is 2. The molecular weight excluding hydrogens is 380 g/mol. The maximum atomic E-state index is 11.6. The van der Waals surface area contributed by atoms with Crippen LogP contribution in [0.5, 0.6) is 0 Å². The van der Waals surface area contributed by atoms with E-state index in [0.29, 0.717) is 12.8 Å². The Balaban J connectivity index is 3.58. The van der Waals surface area contributed by atoms with E-state index in [0.717, 1.165) is 38.5 Å². The molecule has 29 heavy (non-hydrogen) atoms. The first-order valence-corrected chi connectivity index (χ1v) is 10.5. The summed E-state index contributed by atoms with van der Waals surface area (Å²) in [7, 11) is 0. The Bertz CT molecular complexity index is 517. The maximum Gasteiger partial charge on any atom is 0.336 e. The van der Waals surface area contributed by atoms with Crippen molar-refractivity contribution in [3.05, 3.63) is 0 Å². The van der Waals surface area contributed by atoms with Crippen molar-refractivity contribution in [3.63, 3.8) is 0 Å². The van der Waals surface area contributed by atoms with E-state index in [-0.39, 0.29) is 12.4 Å². The lowest BCUT2D eigenvalue weighted by molar-refractivity contribution is -0.172. The van der Waals surface area contributed by atoms with Crippen LogP contribution in [0.4, 0.5) is 0 Å². The number of carbonyl (C=O) groups is 4. The number of ether oxygens (including phenoxy) is 1. The van der Waals surface area contributed by atoms with Gasteiger partial charge in [0.2, 0.25) is 0 Å². The molecule has 0 aromatic heterocycles. The van der Waals surface area contributed by atoms with Crippen molar-refractivity contribution >= 4 is 23.7 Å². The lowest BCUT2D eigenvalue weighted by Gasteiger charge is -2.20. The standard InChI is InChI=1S/C21H36O8/c1-17(22)13-11-9-7-5-3-2-4-6-8-10-12-14-29-19(25)16-21(28,20(26)27)15-18(23)24/h28H,2-16H2,1H3,(H,23,24)(H,26,27). The quantitative estimate of drug-likeness (QED) is 0.215. The molecule has 0 radical (unpaired) electrons. The fourth-order valence-corrected chi connectivity index (χ4v) is 3.01. The minimum Gasteiger partial charge on any atom is -0.481 e. The second kappa shape index (κ2) is 15.9. The van der Waals surface area contributed by atoms with Crippen LogP contribution in [-0.4, -0.2) is 51.2 Å². The summed E-state index contributed by atoms with van der Waals surface area (Å²) < 4.78 is 4.90. The number of rotatable bonds is 19. The van der Waals surface area contributed by atoms with Crippen LogP contribution in [0.3, 0.4) is 0 Å². The van der Waals surface area contributed by atoms with Crippen molar-refractivity contribution < 1.29 is 39.2 Å². The van der Waals surface area contributed by atoms with Crippen molar-refractivity contribution in [3.8, 4) is 0 Å². The average Bonchev–Trinajstić information content (AvgIpc) is 2.60. The summed E-state index contributed by atoms with van der Waals surface area (Å²) in [5.41, 5.74) is -2.64. The first kappa shape index (κ1) is 27.0. The molecule has 0 spiro atoms. The predicted octanol–water partition coefficient (Wildman–Crippen LogP) is 3.48. The van der Waals surface area contributed by atoms with Gasteiger partial charge in [-0.25, -0.2) is 4.79 Å². The van der Waals surface area contributed by atoms with Crippen LogP contribution in [0.2, 0.25) is 0 Å². The normalized spacial score (nSPS) is 12.9. The minimum atomic E-state index is -2.64. The summed E-state index contributed by atoms with van der Waals surface area (Å²) in [6.45, 7) is 1.76. The van der Waals surface area contributed by atoms with E-state index in [2.05, 4.69) is 0 Å². The molecule has 0 saturated carbocycles. The summed E-state index contributed by atoms with van der Waals surface area (Å²) in [5, 5.41) is 27.3. The Morgan fingerprint density at radius 1 is 0.724 bits per heavy atom. The summed E-state index contributed by atoms with van der Waals surface area (Å²) in [6.07, 6.45) is 10.5. The van der Waals surface area contributed by atoms with Crippen LogP contribution in [0.25, 0.3) is 0 Å². The number of Topliss-reactive ketones (excluding diaryl/α,β-unsaturated/α-hetero) is 1. The Kier molecular flexibility index (Phi) is 14.8. The highest BCUT2D eigenvalue weighted by Gasteiger charge is 2.41. The smallest absolute Gasteiger partial charge is 0.336 e. The second-order valence-corrected chi connectivity index (χ2v) is 7.65. The van der Waals surface area contributed by atoms with E-state index in [9.17, 15) is 24.3 Å². The minimum absolute atomic E-state index is 0.127. The molecule has 0 aliphatic heterocycles. The molecule has 1 unspecified atom stereocenters. The molecule has 8 heteroatoms. The third kappa shape index (κ3) is 15.6. The molecule has 0 heterocycles. The van der Waals surface area contributed by atoms with Crippen LogP contribution in [0.1, 0.15) is 96.8 Å². The van der Waals surface area contributed by atoms with Gasteiger partial charge in [0.05, 0.1) is 19.4 Å². The highest BCUT2D eigenvalue weighted by Crippen LogP contribution is 2.17. The number of aliphatic hydroxyl groups is 1. The van der Waals surface area contributed by atoms with Crippen molar-refractivity contribution in [2.45, 2.75) is 102 Å². The highest BCUT2D eigenvalue weighted by atomic mass is 16.5. The number of ketones is 1. The summed E-state index contributed by atoms with van der Waals surface area (Å²) in [4.78, 5) is 44.0. The van der Waals surface area contributed by atoms with Gasteiger partial charge < -0.3 is 24.9 Å². The zero-order valence-electron chi connectivity index (χ0n) is 17.5. The molecule has 3 N–H and O–H groups in total. The van der Waals surface area contributed by atoms with Crippen LogP contribution >= 0.6 is 0 Å².